The van der Waals surface area contributed by atoms with Gasteiger partial charge in [-0.05, 0) is 49.2 Å². The van der Waals surface area contributed by atoms with E-state index in [4.69, 9.17) is 11.6 Å². The van der Waals surface area contributed by atoms with Gasteiger partial charge in [0.1, 0.15) is 5.75 Å². The molecule has 6 nitrogen and oxygen atoms in total. The fraction of sp³-hybridized carbons (Fsp3) is 0.381. The summed E-state index contributed by atoms with van der Waals surface area (Å²) < 4.78 is 26.8. The van der Waals surface area contributed by atoms with Crippen LogP contribution in [0.1, 0.15) is 24.1 Å². The molecular weight excluding hydrogens is 410 g/mol. The quantitative estimate of drug-likeness (QED) is 0.757. The van der Waals surface area contributed by atoms with Crippen LogP contribution in [0.25, 0.3) is 0 Å². The van der Waals surface area contributed by atoms with Crippen LogP contribution in [0.3, 0.4) is 0 Å². The monoisotopic (exact) mass is 435 g/mol. The van der Waals surface area contributed by atoms with Crippen molar-refractivity contribution in [1.82, 2.24) is 9.62 Å². The van der Waals surface area contributed by atoms with Crippen molar-refractivity contribution < 1.29 is 13.2 Å². The Labute approximate surface area is 177 Å². The van der Waals surface area contributed by atoms with Crippen LogP contribution >= 0.6 is 11.6 Å². The fourth-order valence-corrected chi connectivity index (χ4v) is 4.96. The number of hydrogen-bond donors (Lipinski definition) is 1. The summed E-state index contributed by atoms with van der Waals surface area (Å²) in [5.41, 5.74) is 3.09. The zero-order valence-electron chi connectivity index (χ0n) is 16.6. The van der Waals surface area contributed by atoms with Gasteiger partial charge in [0, 0.05) is 36.9 Å². The maximum absolute atomic E-state index is 12.7. The minimum absolute atomic E-state index is 0.324. The zero-order valence-corrected chi connectivity index (χ0v) is 18.2. The van der Waals surface area contributed by atoms with Crippen LogP contribution in [-0.4, -0.2) is 50.6 Å². The molecule has 156 valence electrons. The summed E-state index contributed by atoms with van der Waals surface area (Å²) >= 11 is 5.98. The molecule has 1 unspecified atom stereocenters. The summed E-state index contributed by atoms with van der Waals surface area (Å²) in [6.45, 7) is 5.78. The highest BCUT2D eigenvalue weighted by molar-refractivity contribution is 7.89. The summed E-state index contributed by atoms with van der Waals surface area (Å²) in [4.78, 5) is 14.5. The first-order valence-corrected chi connectivity index (χ1v) is 11.6. The third-order valence-corrected chi connectivity index (χ3v) is 7.05. The first-order chi connectivity index (χ1) is 13.7. The summed E-state index contributed by atoms with van der Waals surface area (Å²) in [7, 11) is -3.66. The molecular formula is C21H26ClN3O3S. The number of hydrogen-bond acceptors (Lipinski definition) is 4. The number of anilines is 1. The number of rotatable bonds is 6. The Morgan fingerprint density at radius 3 is 2.45 bits per heavy atom. The molecule has 1 aliphatic rings. The van der Waals surface area contributed by atoms with Crippen LogP contribution in [0.15, 0.2) is 48.5 Å². The van der Waals surface area contributed by atoms with Gasteiger partial charge in [0.25, 0.3) is 0 Å². The van der Waals surface area contributed by atoms with Gasteiger partial charge in [-0.2, -0.15) is 4.31 Å². The van der Waals surface area contributed by atoms with E-state index in [9.17, 15) is 13.2 Å². The standard InChI is InChI=1S/C21H26ClN3O3S/c1-16-5-3-8-20(13-16)24-9-11-25(12-10-24)29(27,28)15-21(26)23-17(2)18-6-4-7-19(22)14-18/h3-8,13-14,17H,9-12,15H2,1-2H3,(H,23,26). The Kier molecular flexibility index (Phi) is 6.82. The highest BCUT2D eigenvalue weighted by Crippen LogP contribution is 2.20. The molecule has 29 heavy (non-hydrogen) atoms. The molecule has 1 heterocycles. The van der Waals surface area contributed by atoms with Gasteiger partial charge in [-0.3, -0.25) is 4.79 Å². The van der Waals surface area contributed by atoms with Crippen molar-refractivity contribution in [2.75, 3.05) is 36.8 Å². The van der Waals surface area contributed by atoms with Crippen LogP contribution in [0.5, 0.6) is 0 Å². The molecule has 1 N–H and O–H groups in total. The summed E-state index contributed by atoms with van der Waals surface area (Å²) in [5.74, 6) is -1.07. The lowest BCUT2D eigenvalue weighted by molar-refractivity contribution is -0.119. The van der Waals surface area contributed by atoms with Gasteiger partial charge in [0.2, 0.25) is 15.9 Å². The Hall–Kier alpha value is -2.09. The molecule has 1 amide bonds. The highest BCUT2D eigenvalue weighted by Gasteiger charge is 2.29. The average Bonchev–Trinajstić information content (AvgIpc) is 2.67. The number of sulfonamides is 1. The van der Waals surface area contributed by atoms with Gasteiger partial charge in [0.15, 0.2) is 0 Å². The molecule has 0 aromatic heterocycles. The molecule has 1 fully saturated rings. The number of nitrogens with one attached hydrogen (secondary N) is 1. The van der Waals surface area contributed by atoms with E-state index >= 15 is 0 Å². The van der Waals surface area contributed by atoms with Crippen LogP contribution in [0, 0.1) is 6.92 Å². The topological polar surface area (TPSA) is 69.7 Å². The number of carbonyl (C=O) groups excluding carboxylic acids is 1. The molecule has 1 saturated heterocycles. The van der Waals surface area contributed by atoms with Crippen LogP contribution in [0.4, 0.5) is 5.69 Å². The largest absolute Gasteiger partial charge is 0.369 e. The lowest BCUT2D eigenvalue weighted by atomic mass is 10.1. The van der Waals surface area contributed by atoms with Crippen LogP contribution in [-0.2, 0) is 14.8 Å². The number of benzene rings is 2. The molecule has 2 aromatic rings. The highest BCUT2D eigenvalue weighted by atomic mass is 35.5. The third kappa shape index (κ3) is 5.72. The van der Waals surface area contributed by atoms with E-state index in [1.54, 1.807) is 25.1 Å². The molecule has 1 aliphatic heterocycles. The molecule has 0 spiro atoms. The zero-order chi connectivity index (χ0) is 21.0. The van der Waals surface area contributed by atoms with Crippen molar-refractivity contribution in [3.05, 3.63) is 64.7 Å². The lowest BCUT2D eigenvalue weighted by Gasteiger charge is -2.35. The number of halogens is 1. The van der Waals surface area contributed by atoms with Crippen molar-refractivity contribution in [1.29, 1.82) is 0 Å². The van der Waals surface area contributed by atoms with E-state index in [1.165, 1.54) is 9.87 Å². The van der Waals surface area contributed by atoms with E-state index < -0.39 is 21.7 Å². The van der Waals surface area contributed by atoms with E-state index in [-0.39, 0.29) is 6.04 Å². The summed E-state index contributed by atoms with van der Waals surface area (Å²) in [5, 5.41) is 3.32. The molecule has 0 radical (unpaired) electrons. The van der Waals surface area contributed by atoms with Gasteiger partial charge in [-0.15, -0.1) is 0 Å². The Morgan fingerprint density at radius 2 is 1.79 bits per heavy atom. The van der Waals surface area contributed by atoms with Gasteiger partial charge in [-0.25, -0.2) is 8.42 Å². The van der Waals surface area contributed by atoms with Crippen molar-refractivity contribution in [3.63, 3.8) is 0 Å². The van der Waals surface area contributed by atoms with Crippen molar-refractivity contribution in [2.45, 2.75) is 19.9 Å². The number of nitrogens with zero attached hydrogens (tertiary/aromatic N) is 2. The second-order valence-corrected chi connectivity index (χ2v) is 9.73. The van der Waals surface area contributed by atoms with Crippen molar-refractivity contribution in [3.8, 4) is 0 Å². The van der Waals surface area contributed by atoms with Gasteiger partial charge in [-0.1, -0.05) is 35.9 Å². The predicted molar refractivity (Wildman–Crippen MR) is 117 cm³/mol. The third-order valence-electron chi connectivity index (χ3n) is 5.04. The van der Waals surface area contributed by atoms with Gasteiger partial charge >= 0.3 is 0 Å². The number of carbonyl (C=O) groups is 1. The predicted octanol–water partition coefficient (Wildman–Crippen LogP) is 2.98. The maximum atomic E-state index is 12.7. The first kappa shape index (κ1) is 21.6. The molecule has 2 aromatic carbocycles. The summed E-state index contributed by atoms with van der Waals surface area (Å²) in [6, 6.07) is 15.0. The molecule has 1 atom stereocenters. The molecule has 0 aliphatic carbocycles. The number of piperazine rings is 1. The van der Waals surface area contributed by atoms with Crippen molar-refractivity contribution in [2.24, 2.45) is 0 Å². The second-order valence-electron chi connectivity index (χ2n) is 7.33. The van der Waals surface area contributed by atoms with Crippen LogP contribution in [0.2, 0.25) is 5.02 Å². The van der Waals surface area contributed by atoms with Crippen molar-refractivity contribution >= 4 is 33.2 Å². The smallest absolute Gasteiger partial charge is 0.237 e. The van der Waals surface area contributed by atoms with E-state index in [2.05, 4.69) is 16.3 Å². The minimum Gasteiger partial charge on any atom is -0.369 e. The fourth-order valence-electron chi connectivity index (χ4n) is 3.45. The van der Waals surface area contributed by atoms with Gasteiger partial charge in [0.05, 0.1) is 6.04 Å². The second kappa shape index (κ2) is 9.15. The Morgan fingerprint density at radius 1 is 1.10 bits per heavy atom. The minimum atomic E-state index is -3.66. The lowest BCUT2D eigenvalue weighted by Crippen LogP contribution is -2.50. The first-order valence-electron chi connectivity index (χ1n) is 9.59. The van der Waals surface area contributed by atoms with Crippen LogP contribution < -0.4 is 10.2 Å². The van der Waals surface area contributed by atoms with E-state index in [1.807, 2.05) is 31.2 Å². The Balaban J connectivity index is 1.55. The molecule has 0 saturated carbocycles. The number of amides is 1. The van der Waals surface area contributed by atoms with E-state index in [0.717, 1.165) is 11.3 Å². The molecule has 8 heteroatoms. The van der Waals surface area contributed by atoms with E-state index in [0.29, 0.717) is 31.2 Å². The average molecular weight is 436 g/mol. The SMILES string of the molecule is Cc1cccc(N2CCN(S(=O)(=O)CC(=O)NC(C)c3cccc(Cl)c3)CC2)c1. The molecule has 3 rings (SSSR count). The van der Waals surface area contributed by atoms with Gasteiger partial charge < -0.3 is 10.2 Å². The maximum Gasteiger partial charge on any atom is 0.237 e. The molecule has 0 bridgehead atoms. The Bertz CT molecular complexity index is 973. The number of aryl methyl sites for hydroxylation is 1. The normalized spacial score (nSPS) is 16.4. The summed E-state index contributed by atoms with van der Waals surface area (Å²) in [6.07, 6.45) is 0.